The van der Waals surface area contributed by atoms with Crippen molar-refractivity contribution in [3.63, 3.8) is 0 Å². The normalized spacial score (nSPS) is 23.1. The zero-order chi connectivity index (χ0) is 14.7. The van der Waals surface area contributed by atoms with Crippen molar-refractivity contribution < 1.29 is 26.4 Å². The second-order valence-corrected chi connectivity index (χ2v) is 6.88. The van der Waals surface area contributed by atoms with Crippen LogP contribution in [0.25, 0.3) is 0 Å². The fraction of sp³-hybridized carbons (Fsp3) is 0.900. The molecular formula is C10H17F3N2O3S. The Labute approximate surface area is 110 Å². The molecule has 1 heterocycles. The lowest BCUT2D eigenvalue weighted by Crippen LogP contribution is -2.47. The van der Waals surface area contributed by atoms with Gasteiger partial charge in [-0.2, -0.15) is 13.2 Å². The molecule has 0 bridgehead atoms. The maximum atomic E-state index is 12.0. The molecule has 1 saturated heterocycles. The molecule has 0 spiro atoms. The van der Waals surface area contributed by atoms with Crippen LogP contribution in [-0.4, -0.2) is 63.1 Å². The van der Waals surface area contributed by atoms with Gasteiger partial charge in [0.2, 0.25) is 5.91 Å². The van der Waals surface area contributed by atoms with Gasteiger partial charge >= 0.3 is 6.18 Å². The van der Waals surface area contributed by atoms with Crippen LogP contribution in [0, 0.1) is 0 Å². The van der Waals surface area contributed by atoms with Crippen LogP contribution in [0.15, 0.2) is 0 Å². The Morgan fingerprint density at radius 2 is 2.05 bits per heavy atom. The Balaban J connectivity index is 2.42. The lowest BCUT2D eigenvalue weighted by molar-refractivity contribution is -0.144. The van der Waals surface area contributed by atoms with E-state index in [1.165, 1.54) is 7.05 Å². The van der Waals surface area contributed by atoms with E-state index in [2.05, 4.69) is 5.32 Å². The zero-order valence-electron chi connectivity index (χ0n) is 10.5. The monoisotopic (exact) mass is 302 g/mol. The van der Waals surface area contributed by atoms with Crippen LogP contribution in [0.4, 0.5) is 13.2 Å². The van der Waals surface area contributed by atoms with Gasteiger partial charge in [0.15, 0.2) is 9.84 Å². The van der Waals surface area contributed by atoms with Crippen molar-refractivity contribution in [2.45, 2.75) is 25.1 Å². The van der Waals surface area contributed by atoms with Crippen LogP contribution >= 0.6 is 0 Å². The highest BCUT2D eigenvalue weighted by Gasteiger charge is 2.30. The third-order valence-corrected chi connectivity index (χ3v) is 4.62. The van der Waals surface area contributed by atoms with Gasteiger partial charge in [-0.15, -0.1) is 0 Å². The summed E-state index contributed by atoms with van der Waals surface area (Å²) in [6.45, 7) is -0.144. The second-order valence-electron chi connectivity index (χ2n) is 4.65. The van der Waals surface area contributed by atoms with Crippen molar-refractivity contribution in [1.29, 1.82) is 0 Å². The molecule has 1 atom stereocenters. The summed E-state index contributed by atoms with van der Waals surface area (Å²) in [5.41, 5.74) is 0. The summed E-state index contributed by atoms with van der Waals surface area (Å²) in [5.74, 6) is -0.605. The maximum Gasteiger partial charge on any atom is 0.390 e. The van der Waals surface area contributed by atoms with E-state index in [-0.39, 0.29) is 24.5 Å². The van der Waals surface area contributed by atoms with Gasteiger partial charge in [0, 0.05) is 32.6 Å². The molecule has 1 fully saturated rings. The number of sulfone groups is 1. The molecule has 112 valence electrons. The molecule has 1 aliphatic heterocycles. The first-order valence-corrected chi connectivity index (χ1v) is 7.66. The second kappa shape index (κ2) is 6.08. The Morgan fingerprint density at radius 3 is 2.58 bits per heavy atom. The van der Waals surface area contributed by atoms with E-state index in [0.29, 0.717) is 0 Å². The third kappa shape index (κ3) is 6.24. The van der Waals surface area contributed by atoms with Crippen LogP contribution in [0.3, 0.4) is 0 Å². The average Bonchev–Trinajstić information content (AvgIpc) is 2.23. The van der Waals surface area contributed by atoms with Crippen LogP contribution in [-0.2, 0) is 14.6 Å². The fourth-order valence-corrected chi connectivity index (χ4v) is 3.23. The van der Waals surface area contributed by atoms with E-state index in [1.54, 1.807) is 0 Å². The Morgan fingerprint density at radius 1 is 1.42 bits per heavy atom. The third-order valence-electron chi connectivity index (χ3n) is 2.88. The molecule has 9 heteroatoms. The van der Waals surface area contributed by atoms with Gasteiger partial charge < -0.3 is 10.2 Å². The van der Waals surface area contributed by atoms with E-state index < -0.39 is 40.9 Å². The number of carbonyl (C=O) groups is 1. The number of alkyl halides is 3. The topological polar surface area (TPSA) is 66.5 Å². The first-order valence-electron chi connectivity index (χ1n) is 5.83. The molecule has 5 nitrogen and oxygen atoms in total. The van der Waals surface area contributed by atoms with Crippen molar-refractivity contribution in [2.75, 3.05) is 31.6 Å². The standard InChI is InChI=1S/C10H17F3N2O3S/c1-15(4-2-10(11,12)13)9(16)6-8-7-19(17,18)5-3-14-8/h8,14H,2-7H2,1H3. The molecule has 1 rings (SSSR count). The summed E-state index contributed by atoms with van der Waals surface area (Å²) in [5, 5.41) is 2.88. The van der Waals surface area contributed by atoms with Gasteiger partial charge in [-0.05, 0) is 0 Å². The van der Waals surface area contributed by atoms with Crippen LogP contribution in [0.1, 0.15) is 12.8 Å². The van der Waals surface area contributed by atoms with E-state index in [4.69, 9.17) is 0 Å². The van der Waals surface area contributed by atoms with Crippen molar-refractivity contribution >= 4 is 15.7 Å². The number of nitrogens with zero attached hydrogens (tertiary/aromatic N) is 1. The predicted molar refractivity (Wildman–Crippen MR) is 63.4 cm³/mol. The average molecular weight is 302 g/mol. The number of carbonyl (C=O) groups excluding carboxylic acids is 1. The van der Waals surface area contributed by atoms with E-state index in [9.17, 15) is 26.4 Å². The van der Waals surface area contributed by atoms with E-state index >= 15 is 0 Å². The summed E-state index contributed by atoms with van der Waals surface area (Å²) in [4.78, 5) is 12.6. The molecule has 19 heavy (non-hydrogen) atoms. The number of hydrogen-bond donors (Lipinski definition) is 1. The number of hydrogen-bond acceptors (Lipinski definition) is 4. The number of amides is 1. The molecular weight excluding hydrogens is 285 g/mol. The van der Waals surface area contributed by atoms with Gasteiger partial charge in [-0.25, -0.2) is 8.42 Å². The van der Waals surface area contributed by atoms with Crippen molar-refractivity contribution in [3.05, 3.63) is 0 Å². The first kappa shape index (κ1) is 16.2. The highest BCUT2D eigenvalue weighted by molar-refractivity contribution is 7.91. The molecule has 1 unspecified atom stereocenters. The smallest absolute Gasteiger partial charge is 0.345 e. The highest BCUT2D eigenvalue weighted by Crippen LogP contribution is 2.19. The van der Waals surface area contributed by atoms with Crippen molar-refractivity contribution in [2.24, 2.45) is 0 Å². The molecule has 0 aliphatic carbocycles. The van der Waals surface area contributed by atoms with Gasteiger partial charge in [0.1, 0.15) is 0 Å². The predicted octanol–water partition coefficient (Wildman–Crippen LogP) is 0.174. The lowest BCUT2D eigenvalue weighted by Gasteiger charge is -2.25. The molecule has 1 N–H and O–H groups in total. The van der Waals surface area contributed by atoms with Gasteiger partial charge in [0.05, 0.1) is 17.9 Å². The Hall–Kier alpha value is -0.830. The molecule has 0 aromatic rings. The molecule has 0 radical (unpaired) electrons. The quantitative estimate of drug-likeness (QED) is 0.804. The molecule has 1 aliphatic rings. The molecule has 0 aromatic carbocycles. The Bertz CT molecular complexity index is 422. The fourth-order valence-electron chi connectivity index (χ4n) is 1.78. The van der Waals surface area contributed by atoms with Gasteiger partial charge in [-0.3, -0.25) is 4.79 Å². The first-order chi connectivity index (χ1) is 8.59. The van der Waals surface area contributed by atoms with Gasteiger partial charge in [-0.1, -0.05) is 0 Å². The summed E-state index contributed by atoms with van der Waals surface area (Å²) in [6, 6.07) is -0.514. The molecule has 0 saturated carbocycles. The SMILES string of the molecule is CN(CCC(F)(F)F)C(=O)CC1CS(=O)(=O)CCN1. The molecule has 0 aromatic heterocycles. The molecule has 1 amide bonds. The minimum atomic E-state index is -4.30. The van der Waals surface area contributed by atoms with Gasteiger partial charge in [0.25, 0.3) is 0 Å². The minimum absolute atomic E-state index is 0.0294. The summed E-state index contributed by atoms with van der Waals surface area (Å²) in [7, 11) is -1.87. The summed E-state index contributed by atoms with van der Waals surface area (Å²) < 4.78 is 58.7. The van der Waals surface area contributed by atoms with Crippen molar-refractivity contribution in [1.82, 2.24) is 10.2 Å². The van der Waals surface area contributed by atoms with Crippen molar-refractivity contribution in [3.8, 4) is 0 Å². The van der Waals surface area contributed by atoms with Crippen LogP contribution < -0.4 is 5.32 Å². The number of halogens is 3. The summed E-state index contributed by atoms with van der Waals surface area (Å²) >= 11 is 0. The highest BCUT2D eigenvalue weighted by atomic mass is 32.2. The van der Waals surface area contributed by atoms with Crippen LogP contribution in [0.2, 0.25) is 0 Å². The zero-order valence-corrected chi connectivity index (χ0v) is 11.4. The van der Waals surface area contributed by atoms with E-state index in [1.807, 2.05) is 0 Å². The number of rotatable bonds is 4. The number of nitrogens with one attached hydrogen (secondary N) is 1. The minimum Gasteiger partial charge on any atom is -0.345 e. The maximum absolute atomic E-state index is 12.0. The Kier molecular flexibility index (Phi) is 5.19. The van der Waals surface area contributed by atoms with E-state index in [0.717, 1.165) is 4.90 Å². The summed E-state index contributed by atoms with van der Waals surface area (Å²) in [6.07, 6.45) is -5.47. The van der Waals surface area contributed by atoms with Crippen LogP contribution in [0.5, 0.6) is 0 Å². The lowest BCUT2D eigenvalue weighted by atomic mass is 10.2. The largest absolute Gasteiger partial charge is 0.390 e.